The van der Waals surface area contributed by atoms with Crippen molar-refractivity contribution in [1.29, 1.82) is 0 Å². The Morgan fingerprint density at radius 3 is 2.21 bits per heavy atom. The lowest BCUT2D eigenvalue weighted by Crippen LogP contribution is -2.36. The van der Waals surface area contributed by atoms with Gasteiger partial charge in [0.1, 0.15) is 0 Å². The van der Waals surface area contributed by atoms with Gasteiger partial charge in [-0.1, -0.05) is 44.2 Å². The number of carboxylic acids is 1. The molecule has 0 saturated heterocycles. The second kappa shape index (κ2) is 8.70. The lowest BCUT2D eigenvalue weighted by atomic mass is 9.94. The van der Waals surface area contributed by atoms with E-state index < -0.39 is 36.3 Å². The van der Waals surface area contributed by atoms with Crippen LogP contribution in [-0.2, 0) is 9.59 Å². The Bertz CT molecular complexity index is 544. The Labute approximate surface area is 139 Å². The van der Waals surface area contributed by atoms with E-state index in [0.717, 1.165) is 0 Å². The fraction of sp³-hybridized carbons (Fsp3) is 0.529. The highest BCUT2D eigenvalue weighted by atomic mass is 19.4. The molecule has 1 aromatic rings. The molecule has 2 atom stereocenters. The topological polar surface area (TPSA) is 66.4 Å². The lowest BCUT2D eigenvalue weighted by molar-refractivity contribution is -0.157. The minimum atomic E-state index is -4.55. The van der Waals surface area contributed by atoms with Crippen molar-refractivity contribution in [2.45, 2.75) is 38.8 Å². The number of carbonyl (C=O) groups excluding carboxylic acids is 1. The van der Waals surface area contributed by atoms with E-state index in [9.17, 15) is 22.8 Å². The van der Waals surface area contributed by atoms with Gasteiger partial charge in [0.2, 0.25) is 5.91 Å². The number of benzene rings is 1. The summed E-state index contributed by atoms with van der Waals surface area (Å²) in [7, 11) is 0. The van der Waals surface area contributed by atoms with Gasteiger partial charge in [-0.2, -0.15) is 13.2 Å². The van der Waals surface area contributed by atoms with Crippen molar-refractivity contribution in [3.05, 3.63) is 35.9 Å². The molecule has 1 aromatic carbocycles. The number of carbonyl (C=O) groups is 2. The zero-order valence-electron chi connectivity index (χ0n) is 13.6. The van der Waals surface area contributed by atoms with Crippen LogP contribution in [0.3, 0.4) is 0 Å². The van der Waals surface area contributed by atoms with Crippen LogP contribution in [-0.4, -0.2) is 29.7 Å². The molecule has 0 heterocycles. The molecule has 0 fully saturated rings. The molecule has 24 heavy (non-hydrogen) atoms. The Kier molecular flexibility index (Phi) is 7.25. The van der Waals surface area contributed by atoms with Crippen LogP contribution in [0.4, 0.5) is 13.2 Å². The molecule has 7 heteroatoms. The fourth-order valence-electron chi connectivity index (χ4n) is 2.44. The summed E-state index contributed by atoms with van der Waals surface area (Å²) in [5.41, 5.74) is 0.0112. The van der Waals surface area contributed by atoms with Crippen molar-refractivity contribution in [3.63, 3.8) is 0 Å². The molecule has 2 N–H and O–H groups in total. The monoisotopic (exact) mass is 345 g/mol. The van der Waals surface area contributed by atoms with Crippen molar-refractivity contribution >= 4 is 11.9 Å². The molecule has 0 aliphatic heterocycles. The van der Waals surface area contributed by atoms with Crippen molar-refractivity contribution in [1.82, 2.24) is 5.32 Å². The van der Waals surface area contributed by atoms with Crippen molar-refractivity contribution in [2.24, 2.45) is 11.8 Å². The number of amides is 1. The first-order valence-electron chi connectivity index (χ1n) is 7.72. The Hall–Kier alpha value is -2.05. The maximum absolute atomic E-state index is 13.2. The van der Waals surface area contributed by atoms with E-state index in [0.29, 0.717) is 6.42 Å². The predicted molar refractivity (Wildman–Crippen MR) is 83.4 cm³/mol. The van der Waals surface area contributed by atoms with Crippen LogP contribution in [0.1, 0.15) is 38.2 Å². The summed E-state index contributed by atoms with van der Waals surface area (Å²) >= 11 is 0. The zero-order chi connectivity index (χ0) is 18.3. The van der Waals surface area contributed by atoms with Crippen LogP contribution in [0, 0.1) is 11.8 Å². The first-order chi connectivity index (χ1) is 11.1. The largest absolute Gasteiger partial charge is 0.481 e. The summed E-state index contributed by atoms with van der Waals surface area (Å²) in [5, 5.41) is 11.4. The summed E-state index contributed by atoms with van der Waals surface area (Å²) in [6, 6.07) is 7.21. The normalized spacial score (nSPS) is 14.2. The highest BCUT2D eigenvalue weighted by Gasteiger charge is 2.41. The minimum Gasteiger partial charge on any atom is -0.481 e. The smallest absolute Gasteiger partial charge is 0.396 e. The molecule has 1 amide bonds. The van der Waals surface area contributed by atoms with Gasteiger partial charge in [0.25, 0.3) is 0 Å². The van der Waals surface area contributed by atoms with Gasteiger partial charge in [0.05, 0.1) is 11.8 Å². The van der Waals surface area contributed by atoms with E-state index in [1.165, 1.54) is 24.3 Å². The molecular weight excluding hydrogens is 323 g/mol. The van der Waals surface area contributed by atoms with Gasteiger partial charge in [-0.25, -0.2) is 0 Å². The van der Waals surface area contributed by atoms with E-state index in [2.05, 4.69) is 5.32 Å². The maximum atomic E-state index is 13.2. The van der Waals surface area contributed by atoms with Crippen LogP contribution in [0.25, 0.3) is 0 Å². The lowest BCUT2D eigenvalue weighted by Gasteiger charge is -2.21. The van der Waals surface area contributed by atoms with Gasteiger partial charge < -0.3 is 10.4 Å². The first kappa shape index (κ1) is 20.0. The van der Waals surface area contributed by atoms with Gasteiger partial charge in [0, 0.05) is 13.0 Å². The van der Waals surface area contributed by atoms with Crippen molar-refractivity contribution < 1.29 is 27.9 Å². The van der Waals surface area contributed by atoms with Gasteiger partial charge >= 0.3 is 12.1 Å². The number of carboxylic acid groups (broad SMARTS) is 1. The maximum Gasteiger partial charge on any atom is 0.396 e. The van der Waals surface area contributed by atoms with Crippen molar-refractivity contribution in [3.8, 4) is 0 Å². The van der Waals surface area contributed by atoms with E-state index in [-0.39, 0.29) is 18.0 Å². The molecule has 0 aliphatic rings. The van der Waals surface area contributed by atoms with Crippen LogP contribution in [0.15, 0.2) is 30.3 Å². The van der Waals surface area contributed by atoms with E-state index >= 15 is 0 Å². The molecule has 0 aromatic heterocycles. The zero-order valence-corrected chi connectivity index (χ0v) is 13.6. The molecule has 0 spiro atoms. The van der Waals surface area contributed by atoms with Gasteiger partial charge in [-0.3, -0.25) is 9.59 Å². The fourth-order valence-corrected chi connectivity index (χ4v) is 2.44. The standard InChI is InChI=1S/C17H22F3NO3/c1-11(2)8-13(16(23)24)10-21-15(22)9-14(17(18,19)20)12-6-4-3-5-7-12/h3-7,11,13-14H,8-10H2,1-2H3,(H,21,22)(H,23,24). The number of alkyl halides is 3. The molecule has 0 radical (unpaired) electrons. The average molecular weight is 345 g/mol. The summed E-state index contributed by atoms with van der Waals surface area (Å²) in [5.74, 6) is -4.49. The summed E-state index contributed by atoms with van der Waals surface area (Å²) in [6.07, 6.45) is -4.97. The van der Waals surface area contributed by atoms with Gasteiger partial charge in [-0.05, 0) is 17.9 Å². The average Bonchev–Trinajstić information content (AvgIpc) is 2.48. The van der Waals surface area contributed by atoms with Crippen LogP contribution in [0.5, 0.6) is 0 Å². The molecule has 4 nitrogen and oxygen atoms in total. The van der Waals surface area contributed by atoms with E-state index in [1.54, 1.807) is 6.07 Å². The molecule has 1 rings (SSSR count). The number of aliphatic carboxylic acids is 1. The van der Waals surface area contributed by atoms with Crippen molar-refractivity contribution in [2.75, 3.05) is 6.54 Å². The third-order valence-corrected chi connectivity index (χ3v) is 3.64. The molecule has 0 saturated carbocycles. The van der Waals surface area contributed by atoms with Crippen LogP contribution in [0.2, 0.25) is 0 Å². The second-order valence-electron chi connectivity index (χ2n) is 6.18. The Morgan fingerprint density at radius 2 is 1.75 bits per heavy atom. The summed E-state index contributed by atoms with van der Waals surface area (Å²) in [4.78, 5) is 23.0. The van der Waals surface area contributed by atoms with Crippen LogP contribution < -0.4 is 5.32 Å². The number of nitrogens with one attached hydrogen (secondary N) is 1. The van der Waals surface area contributed by atoms with E-state index in [4.69, 9.17) is 5.11 Å². The Morgan fingerprint density at radius 1 is 1.17 bits per heavy atom. The third kappa shape index (κ3) is 6.60. The summed E-state index contributed by atoms with van der Waals surface area (Å²) in [6.45, 7) is 3.51. The summed E-state index contributed by atoms with van der Waals surface area (Å²) < 4.78 is 39.6. The van der Waals surface area contributed by atoms with Gasteiger partial charge in [-0.15, -0.1) is 0 Å². The molecule has 0 aliphatic carbocycles. The third-order valence-electron chi connectivity index (χ3n) is 3.64. The molecule has 0 bridgehead atoms. The molecule has 134 valence electrons. The SMILES string of the molecule is CC(C)CC(CNC(=O)CC(c1ccccc1)C(F)(F)F)C(=O)O. The Balaban J connectivity index is 2.71. The predicted octanol–water partition coefficient (Wildman–Crippen LogP) is 3.59. The number of rotatable bonds is 8. The second-order valence-corrected chi connectivity index (χ2v) is 6.18. The van der Waals surface area contributed by atoms with Gasteiger partial charge in [0.15, 0.2) is 0 Å². The number of hydrogen-bond acceptors (Lipinski definition) is 2. The minimum absolute atomic E-state index is 0.0112. The van der Waals surface area contributed by atoms with Crippen LogP contribution >= 0.6 is 0 Å². The quantitative estimate of drug-likeness (QED) is 0.757. The number of hydrogen-bond donors (Lipinski definition) is 2. The molecular formula is C17H22F3NO3. The molecule has 2 unspecified atom stereocenters. The number of halogens is 3. The van der Waals surface area contributed by atoms with E-state index in [1.807, 2.05) is 13.8 Å². The highest BCUT2D eigenvalue weighted by Crippen LogP contribution is 2.37. The first-order valence-corrected chi connectivity index (χ1v) is 7.72. The highest BCUT2D eigenvalue weighted by molar-refractivity contribution is 5.78.